The lowest BCUT2D eigenvalue weighted by Crippen LogP contribution is -2.40. The molecule has 0 aromatic rings. The molecule has 1 aliphatic heterocycles. The van der Waals surface area contributed by atoms with Crippen LogP contribution in [0.3, 0.4) is 0 Å². The molecule has 3 nitrogen and oxygen atoms in total. The van der Waals surface area contributed by atoms with Crippen LogP contribution in [0, 0.1) is 11.8 Å². The van der Waals surface area contributed by atoms with Crippen molar-refractivity contribution >= 4 is 18.4 Å². The van der Waals surface area contributed by atoms with Crippen LogP contribution in [0.5, 0.6) is 0 Å². The van der Waals surface area contributed by atoms with E-state index in [1.165, 1.54) is 0 Å². The molecule has 0 aromatic carbocycles. The van der Waals surface area contributed by atoms with E-state index in [-0.39, 0.29) is 37.6 Å². The third kappa shape index (κ3) is 5.52. The Bertz CT molecular complexity index is 318. The van der Waals surface area contributed by atoms with E-state index in [0.29, 0.717) is 24.8 Å². The van der Waals surface area contributed by atoms with Crippen LogP contribution in [0.2, 0.25) is 0 Å². The van der Waals surface area contributed by atoms with E-state index in [1.54, 1.807) is 0 Å². The quantitative estimate of drug-likeness (QED) is 0.836. The van der Waals surface area contributed by atoms with E-state index in [0.717, 1.165) is 25.8 Å². The number of alkyl halides is 2. The van der Waals surface area contributed by atoms with Gasteiger partial charge in [-0.1, -0.05) is 0 Å². The highest BCUT2D eigenvalue weighted by Gasteiger charge is 2.36. The number of aliphatic carboxylic acids is 1. The second-order valence-electron chi connectivity index (χ2n) is 6.17. The van der Waals surface area contributed by atoms with Crippen molar-refractivity contribution in [3.8, 4) is 0 Å². The van der Waals surface area contributed by atoms with Crippen LogP contribution in [-0.4, -0.2) is 29.6 Å². The smallest absolute Gasteiger partial charge is 0.303 e. The van der Waals surface area contributed by atoms with Gasteiger partial charge in [-0.2, -0.15) is 0 Å². The normalized spacial score (nSPS) is 30.5. The Labute approximate surface area is 124 Å². The molecule has 1 heterocycles. The fraction of sp³-hybridized carbons (Fsp3) is 0.929. The van der Waals surface area contributed by atoms with Gasteiger partial charge >= 0.3 is 5.97 Å². The van der Waals surface area contributed by atoms with Crippen LogP contribution >= 0.6 is 12.4 Å². The van der Waals surface area contributed by atoms with Crippen molar-refractivity contribution in [1.29, 1.82) is 0 Å². The average molecular weight is 312 g/mol. The van der Waals surface area contributed by atoms with Crippen molar-refractivity contribution in [2.75, 3.05) is 6.54 Å². The SMILES string of the molecule is Cl.O=C(O)CC1CCNC(CC2CCC(F)(F)CC2)C1. The van der Waals surface area contributed by atoms with E-state index in [4.69, 9.17) is 5.11 Å². The zero-order valence-electron chi connectivity index (χ0n) is 11.6. The maximum Gasteiger partial charge on any atom is 0.303 e. The molecule has 2 atom stereocenters. The monoisotopic (exact) mass is 311 g/mol. The highest BCUT2D eigenvalue weighted by Crippen LogP contribution is 2.38. The van der Waals surface area contributed by atoms with Crippen molar-refractivity contribution in [2.24, 2.45) is 11.8 Å². The molecule has 2 aliphatic rings. The number of carboxylic acid groups (broad SMARTS) is 1. The number of carbonyl (C=O) groups is 1. The van der Waals surface area contributed by atoms with Crippen molar-refractivity contribution < 1.29 is 18.7 Å². The molecule has 118 valence electrons. The lowest BCUT2D eigenvalue weighted by Gasteiger charge is -2.34. The maximum absolute atomic E-state index is 13.1. The lowest BCUT2D eigenvalue weighted by molar-refractivity contribution is -0.138. The Hall–Kier alpha value is -0.420. The molecule has 2 fully saturated rings. The number of nitrogens with one attached hydrogen (secondary N) is 1. The number of rotatable bonds is 4. The molecule has 1 aliphatic carbocycles. The summed E-state index contributed by atoms with van der Waals surface area (Å²) in [6.45, 7) is 0.853. The van der Waals surface area contributed by atoms with Gasteiger partial charge in [-0.05, 0) is 50.5 Å². The lowest BCUT2D eigenvalue weighted by atomic mass is 9.79. The molecule has 0 bridgehead atoms. The molecule has 1 saturated heterocycles. The first kappa shape index (κ1) is 17.6. The topological polar surface area (TPSA) is 49.3 Å². The Balaban J connectivity index is 0.00000200. The summed E-state index contributed by atoms with van der Waals surface area (Å²) in [5.41, 5.74) is 0. The number of carboxylic acids is 1. The van der Waals surface area contributed by atoms with Crippen molar-refractivity contribution in [1.82, 2.24) is 5.32 Å². The molecule has 2 rings (SSSR count). The maximum atomic E-state index is 13.1. The van der Waals surface area contributed by atoms with E-state index < -0.39 is 11.9 Å². The second kappa shape index (κ2) is 7.55. The van der Waals surface area contributed by atoms with Gasteiger partial charge in [0, 0.05) is 25.3 Å². The van der Waals surface area contributed by atoms with Crippen LogP contribution in [0.4, 0.5) is 8.78 Å². The van der Waals surface area contributed by atoms with Gasteiger partial charge in [-0.25, -0.2) is 8.78 Å². The van der Waals surface area contributed by atoms with E-state index in [2.05, 4.69) is 5.32 Å². The van der Waals surface area contributed by atoms with E-state index >= 15 is 0 Å². The summed E-state index contributed by atoms with van der Waals surface area (Å²) in [7, 11) is 0. The molecule has 0 radical (unpaired) electrons. The zero-order chi connectivity index (χ0) is 13.9. The molecule has 0 spiro atoms. The first-order chi connectivity index (χ1) is 8.94. The summed E-state index contributed by atoms with van der Waals surface area (Å²) in [4.78, 5) is 10.7. The summed E-state index contributed by atoms with van der Waals surface area (Å²) >= 11 is 0. The van der Waals surface area contributed by atoms with Gasteiger partial charge < -0.3 is 10.4 Å². The van der Waals surface area contributed by atoms with Crippen LogP contribution in [0.1, 0.15) is 51.4 Å². The molecular formula is C14H24ClF2NO2. The number of halogens is 3. The summed E-state index contributed by atoms with van der Waals surface area (Å²) in [5.74, 6) is -2.57. The third-order valence-corrected chi connectivity index (χ3v) is 4.52. The molecule has 0 amide bonds. The summed E-state index contributed by atoms with van der Waals surface area (Å²) < 4.78 is 26.2. The fourth-order valence-corrected chi connectivity index (χ4v) is 3.45. The van der Waals surface area contributed by atoms with Gasteiger partial charge in [0.05, 0.1) is 0 Å². The minimum absolute atomic E-state index is 0. The molecule has 2 unspecified atom stereocenters. The third-order valence-electron chi connectivity index (χ3n) is 4.52. The molecule has 0 aromatic heterocycles. The Morgan fingerprint density at radius 1 is 1.20 bits per heavy atom. The van der Waals surface area contributed by atoms with Gasteiger partial charge in [0.2, 0.25) is 5.92 Å². The van der Waals surface area contributed by atoms with Crippen LogP contribution in [-0.2, 0) is 4.79 Å². The van der Waals surface area contributed by atoms with Crippen LogP contribution < -0.4 is 5.32 Å². The van der Waals surface area contributed by atoms with Crippen molar-refractivity contribution in [2.45, 2.75) is 63.3 Å². The van der Waals surface area contributed by atoms with E-state index in [9.17, 15) is 13.6 Å². The van der Waals surface area contributed by atoms with Crippen LogP contribution in [0.25, 0.3) is 0 Å². The molecule has 2 N–H and O–H groups in total. The standard InChI is InChI=1S/C14H23F2NO2.ClH/c15-14(16)4-1-10(2-5-14)7-12-8-11(3-6-17-12)9-13(18)19;/h10-12,17H,1-9H2,(H,18,19);1H. The average Bonchev–Trinajstić information content (AvgIpc) is 2.32. The van der Waals surface area contributed by atoms with Gasteiger partial charge in [0.25, 0.3) is 0 Å². The Morgan fingerprint density at radius 3 is 2.45 bits per heavy atom. The molecular weight excluding hydrogens is 288 g/mol. The highest BCUT2D eigenvalue weighted by atomic mass is 35.5. The van der Waals surface area contributed by atoms with Gasteiger partial charge in [0.1, 0.15) is 0 Å². The first-order valence-corrected chi connectivity index (χ1v) is 7.27. The van der Waals surface area contributed by atoms with Gasteiger partial charge in [0.15, 0.2) is 0 Å². The summed E-state index contributed by atoms with van der Waals surface area (Å²) in [6, 6.07) is 0.315. The number of hydrogen-bond donors (Lipinski definition) is 2. The van der Waals surface area contributed by atoms with Crippen molar-refractivity contribution in [3.05, 3.63) is 0 Å². The minimum atomic E-state index is -2.46. The first-order valence-electron chi connectivity index (χ1n) is 7.27. The zero-order valence-corrected chi connectivity index (χ0v) is 12.4. The largest absolute Gasteiger partial charge is 0.481 e. The Kier molecular flexibility index (Phi) is 6.65. The number of piperidine rings is 1. The molecule has 20 heavy (non-hydrogen) atoms. The Morgan fingerprint density at radius 2 is 1.85 bits per heavy atom. The van der Waals surface area contributed by atoms with Gasteiger partial charge in [-0.15, -0.1) is 12.4 Å². The minimum Gasteiger partial charge on any atom is -0.481 e. The molecule has 1 saturated carbocycles. The fourth-order valence-electron chi connectivity index (χ4n) is 3.45. The van der Waals surface area contributed by atoms with E-state index in [1.807, 2.05) is 0 Å². The van der Waals surface area contributed by atoms with Crippen molar-refractivity contribution in [3.63, 3.8) is 0 Å². The highest BCUT2D eigenvalue weighted by molar-refractivity contribution is 5.85. The predicted molar refractivity (Wildman–Crippen MR) is 75.5 cm³/mol. The second-order valence-corrected chi connectivity index (χ2v) is 6.17. The predicted octanol–water partition coefficient (Wildman–Crippen LogP) is 3.47. The number of hydrogen-bond acceptors (Lipinski definition) is 2. The summed E-state index contributed by atoms with van der Waals surface area (Å²) in [5, 5.41) is 12.2. The molecule has 6 heteroatoms. The van der Waals surface area contributed by atoms with Gasteiger partial charge in [-0.3, -0.25) is 4.79 Å². The summed E-state index contributed by atoms with van der Waals surface area (Å²) in [6.07, 6.45) is 4.19. The van der Waals surface area contributed by atoms with Crippen LogP contribution in [0.15, 0.2) is 0 Å².